The number of hydrogen-bond donors (Lipinski definition) is 0. The summed E-state index contributed by atoms with van der Waals surface area (Å²) >= 11 is 0. The van der Waals surface area contributed by atoms with E-state index in [0.717, 1.165) is 0 Å². The van der Waals surface area contributed by atoms with Crippen LogP contribution in [0.5, 0.6) is 17.2 Å². The second kappa shape index (κ2) is 6.79. The van der Waals surface area contributed by atoms with Gasteiger partial charge in [0.1, 0.15) is 0 Å². The molecule has 0 spiro atoms. The van der Waals surface area contributed by atoms with Gasteiger partial charge in [0.15, 0.2) is 17.3 Å². The molecule has 0 radical (unpaired) electrons. The molecule has 2 rings (SSSR count). The fourth-order valence-corrected chi connectivity index (χ4v) is 2.10. The molecule has 1 aliphatic carbocycles. The van der Waals surface area contributed by atoms with E-state index >= 15 is 0 Å². The van der Waals surface area contributed by atoms with Gasteiger partial charge in [0.2, 0.25) is 5.75 Å². The maximum Gasteiger partial charge on any atom is 0.203 e. The van der Waals surface area contributed by atoms with Crippen LogP contribution in [-0.4, -0.2) is 27.1 Å². The van der Waals surface area contributed by atoms with Crippen molar-refractivity contribution in [2.75, 3.05) is 21.3 Å². The zero-order valence-electron chi connectivity index (χ0n) is 12.3. The van der Waals surface area contributed by atoms with E-state index in [1.54, 1.807) is 18.2 Å². The molecule has 0 saturated heterocycles. The van der Waals surface area contributed by atoms with Crippen molar-refractivity contribution in [2.24, 2.45) is 5.92 Å². The molecule has 4 heteroatoms. The lowest BCUT2D eigenvalue weighted by Crippen LogP contribution is -2.01. The summed E-state index contributed by atoms with van der Waals surface area (Å²) in [4.78, 5) is 12.3. The molecule has 0 amide bonds. The van der Waals surface area contributed by atoms with Crippen molar-refractivity contribution in [1.29, 1.82) is 0 Å². The number of ether oxygens (including phenoxy) is 3. The largest absolute Gasteiger partial charge is 0.493 e. The minimum absolute atomic E-state index is 0.108. The van der Waals surface area contributed by atoms with Gasteiger partial charge in [-0.3, -0.25) is 4.79 Å². The summed E-state index contributed by atoms with van der Waals surface area (Å²) in [7, 11) is 4.57. The van der Waals surface area contributed by atoms with Crippen LogP contribution < -0.4 is 14.2 Å². The number of carbonyl (C=O) groups excluding carboxylic acids is 1. The van der Waals surface area contributed by atoms with Gasteiger partial charge in [-0.15, -0.1) is 0 Å². The number of ketones is 1. The fourth-order valence-electron chi connectivity index (χ4n) is 2.10. The second-order valence-electron chi connectivity index (χ2n) is 4.48. The SMILES string of the molecule is COc1cc(C(=O)/C=C/C2C=CC=C2)cc(OC)c1OC. The first-order valence-corrected chi connectivity index (χ1v) is 6.57. The van der Waals surface area contributed by atoms with Crippen molar-refractivity contribution in [3.8, 4) is 17.2 Å². The average Bonchev–Trinajstić information content (AvgIpc) is 3.04. The first kappa shape index (κ1) is 14.9. The Labute approximate surface area is 124 Å². The highest BCUT2D eigenvalue weighted by Crippen LogP contribution is 2.38. The van der Waals surface area contributed by atoms with Gasteiger partial charge in [-0.2, -0.15) is 0 Å². The summed E-state index contributed by atoms with van der Waals surface area (Å²) in [5.74, 6) is 1.48. The molecule has 1 aromatic rings. The Morgan fingerprint density at radius 1 is 1.00 bits per heavy atom. The Morgan fingerprint density at radius 3 is 2.05 bits per heavy atom. The molecule has 0 saturated carbocycles. The summed E-state index contributed by atoms with van der Waals surface area (Å²) < 4.78 is 15.7. The maximum atomic E-state index is 12.3. The Bertz CT molecular complexity index is 574. The summed E-state index contributed by atoms with van der Waals surface area (Å²) in [5, 5.41) is 0. The third-order valence-corrected chi connectivity index (χ3v) is 3.20. The van der Waals surface area contributed by atoms with Crippen molar-refractivity contribution in [3.05, 3.63) is 54.2 Å². The molecular weight excluding hydrogens is 268 g/mol. The van der Waals surface area contributed by atoms with Crippen molar-refractivity contribution in [1.82, 2.24) is 0 Å². The topological polar surface area (TPSA) is 44.8 Å². The molecule has 0 aliphatic heterocycles. The number of carbonyl (C=O) groups is 1. The highest BCUT2D eigenvalue weighted by atomic mass is 16.5. The van der Waals surface area contributed by atoms with Crippen molar-refractivity contribution >= 4 is 5.78 Å². The molecule has 0 bridgehead atoms. The van der Waals surface area contributed by atoms with E-state index in [4.69, 9.17) is 14.2 Å². The summed E-state index contributed by atoms with van der Waals surface area (Å²) in [6, 6.07) is 3.29. The monoisotopic (exact) mass is 286 g/mol. The Morgan fingerprint density at radius 2 is 1.57 bits per heavy atom. The lowest BCUT2D eigenvalue weighted by molar-refractivity contribution is 0.104. The minimum atomic E-state index is -0.108. The number of rotatable bonds is 6. The van der Waals surface area contributed by atoms with Crippen LogP contribution >= 0.6 is 0 Å². The first-order chi connectivity index (χ1) is 10.2. The fraction of sp³-hybridized carbons (Fsp3) is 0.235. The normalized spacial score (nSPS) is 13.9. The maximum absolute atomic E-state index is 12.3. The molecule has 1 aromatic carbocycles. The van der Waals surface area contributed by atoms with E-state index in [1.807, 2.05) is 30.4 Å². The molecular formula is C17H18O4. The van der Waals surface area contributed by atoms with Crippen molar-refractivity contribution < 1.29 is 19.0 Å². The highest BCUT2D eigenvalue weighted by molar-refractivity contribution is 6.05. The Balaban J connectivity index is 2.28. The molecule has 0 fully saturated rings. The first-order valence-electron chi connectivity index (χ1n) is 6.57. The predicted octanol–water partition coefficient (Wildman–Crippen LogP) is 3.19. The van der Waals surface area contributed by atoms with Crippen LogP contribution in [0.3, 0.4) is 0 Å². The van der Waals surface area contributed by atoms with Gasteiger partial charge >= 0.3 is 0 Å². The summed E-state index contributed by atoms with van der Waals surface area (Å²) in [6.45, 7) is 0. The van der Waals surface area contributed by atoms with E-state index in [2.05, 4.69) is 0 Å². The molecule has 1 aliphatic rings. The quantitative estimate of drug-likeness (QED) is 0.595. The van der Waals surface area contributed by atoms with Gasteiger partial charge in [-0.25, -0.2) is 0 Å². The second-order valence-corrected chi connectivity index (χ2v) is 4.48. The predicted molar refractivity (Wildman–Crippen MR) is 81.3 cm³/mol. The molecule has 0 aromatic heterocycles. The van der Waals surface area contributed by atoms with Crippen LogP contribution in [0.15, 0.2) is 48.6 Å². The van der Waals surface area contributed by atoms with Gasteiger partial charge in [-0.1, -0.05) is 30.4 Å². The van der Waals surface area contributed by atoms with E-state index in [-0.39, 0.29) is 11.7 Å². The lowest BCUT2D eigenvalue weighted by atomic mass is 10.1. The standard InChI is InChI=1S/C17H18O4/c1-19-15-10-13(11-16(20-2)17(15)21-3)14(18)9-8-12-6-4-5-7-12/h4-12H,1-3H3/b9-8+. The van der Waals surface area contributed by atoms with Crippen molar-refractivity contribution in [2.45, 2.75) is 0 Å². The van der Waals surface area contributed by atoms with Crippen LogP contribution in [0.25, 0.3) is 0 Å². The van der Waals surface area contributed by atoms with Crippen LogP contribution in [0.4, 0.5) is 0 Å². The van der Waals surface area contributed by atoms with Crippen LogP contribution in [0.1, 0.15) is 10.4 Å². The molecule has 110 valence electrons. The smallest absolute Gasteiger partial charge is 0.203 e. The number of methoxy groups -OCH3 is 3. The molecule has 0 heterocycles. The number of hydrogen-bond acceptors (Lipinski definition) is 4. The Hall–Kier alpha value is -2.49. The van der Waals surface area contributed by atoms with Gasteiger partial charge in [-0.05, 0) is 18.2 Å². The van der Waals surface area contributed by atoms with Gasteiger partial charge < -0.3 is 14.2 Å². The zero-order valence-corrected chi connectivity index (χ0v) is 12.3. The zero-order chi connectivity index (χ0) is 15.2. The van der Waals surface area contributed by atoms with Gasteiger partial charge in [0.25, 0.3) is 0 Å². The highest BCUT2D eigenvalue weighted by Gasteiger charge is 2.15. The third kappa shape index (κ3) is 3.34. The van der Waals surface area contributed by atoms with Crippen LogP contribution in [0, 0.1) is 5.92 Å². The average molecular weight is 286 g/mol. The van der Waals surface area contributed by atoms with Crippen molar-refractivity contribution in [3.63, 3.8) is 0 Å². The number of benzene rings is 1. The Kier molecular flexibility index (Phi) is 4.82. The van der Waals surface area contributed by atoms with E-state index in [0.29, 0.717) is 22.8 Å². The minimum Gasteiger partial charge on any atom is -0.493 e. The summed E-state index contributed by atoms with van der Waals surface area (Å²) in [5.41, 5.74) is 0.492. The molecule has 0 N–H and O–H groups in total. The van der Waals surface area contributed by atoms with Gasteiger partial charge in [0, 0.05) is 11.5 Å². The lowest BCUT2D eigenvalue weighted by Gasteiger charge is -2.13. The van der Waals surface area contributed by atoms with Crippen LogP contribution in [-0.2, 0) is 0 Å². The molecule has 0 unspecified atom stereocenters. The molecule has 21 heavy (non-hydrogen) atoms. The van der Waals surface area contributed by atoms with E-state index < -0.39 is 0 Å². The van der Waals surface area contributed by atoms with Gasteiger partial charge in [0.05, 0.1) is 21.3 Å². The van der Waals surface area contributed by atoms with E-state index in [9.17, 15) is 4.79 Å². The third-order valence-electron chi connectivity index (χ3n) is 3.20. The molecule has 4 nitrogen and oxygen atoms in total. The number of allylic oxidation sites excluding steroid dienone is 6. The van der Waals surface area contributed by atoms with Crippen LogP contribution in [0.2, 0.25) is 0 Å². The molecule has 0 atom stereocenters. The summed E-state index contributed by atoms with van der Waals surface area (Å²) in [6.07, 6.45) is 11.4. The van der Waals surface area contributed by atoms with E-state index in [1.165, 1.54) is 21.3 Å².